The van der Waals surface area contributed by atoms with Crippen molar-refractivity contribution in [2.24, 2.45) is 0 Å². The topological polar surface area (TPSA) is 49.4 Å². The fraction of sp³-hybridized carbons (Fsp3) is 0.0909. The Hall–Kier alpha value is -2.28. The Morgan fingerprint density at radius 2 is 2.07 bits per heavy atom. The van der Waals surface area contributed by atoms with E-state index in [1.54, 1.807) is 24.3 Å². The predicted octanol–water partition coefficient (Wildman–Crippen LogP) is 0.354. The number of benzene rings is 1. The number of hydrogen-bond acceptors (Lipinski definition) is 2. The van der Waals surface area contributed by atoms with Gasteiger partial charge in [0.05, 0.1) is 17.8 Å². The van der Waals surface area contributed by atoms with Gasteiger partial charge in [0.25, 0.3) is 11.8 Å². The minimum atomic E-state index is -0.309. The Bertz CT molecular complexity index is 474. The molecular weight excluding hydrogens is 192 g/mol. The molecule has 15 heavy (non-hydrogen) atoms. The monoisotopic (exact) mass is 200 g/mol. The van der Waals surface area contributed by atoms with E-state index in [2.05, 4.69) is 11.4 Å². The zero-order chi connectivity index (χ0) is 10.8. The minimum absolute atomic E-state index is 0.0717. The van der Waals surface area contributed by atoms with Gasteiger partial charge in [-0.25, -0.2) is 4.90 Å². The summed E-state index contributed by atoms with van der Waals surface area (Å²) in [6.07, 6.45) is 5.24. The summed E-state index contributed by atoms with van der Waals surface area (Å²) in [5.74, 6) is -0.590. The van der Waals surface area contributed by atoms with Gasteiger partial charge in [0.15, 0.2) is 0 Å². The zero-order valence-corrected chi connectivity index (χ0v) is 7.86. The van der Waals surface area contributed by atoms with E-state index >= 15 is 0 Å². The van der Waals surface area contributed by atoms with Crippen LogP contribution < -0.4 is 10.2 Å². The molecule has 0 aliphatic carbocycles. The lowest BCUT2D eigenvalue weighted by atomic mass is 10.1. The van der Waals surface area contributed by atoms with Crippen LogP contribution in [0, 0.1) is 12.5 Å². The van der Waals surface area contributed by atoms with Crippen molar-refractivity contribution in [3.8, 4) is 12.5 Å². The van der Waals surface area contributed by atoms with Gasteiger partial charge in [-0.05, 0) is 12.1 Å². The van der Waals surface area contributed by atoms with Gasteiger partial charge < -0.3 is 5.32 Å². The Kier molecular flexibility index (Phi) is 2.14. The van der Waals surface area contributed by atoms with Crippen LogP contribution in [0.5, 0.6) is 0 Å². The van der Waals surface area contributed by atoms with Crippen molar-refractivity contribution in [3.63, 3.8) is 0 Å². The second kappa shape index (κ2) is 3.46. The first kappa shape index (κ1) is 9.28. The van der Waals surface area contributed by atoms with E-state index in [9.17, 15) is 9.59 Å². The Labute approximate surface area is 86.9 Å². The van der Waals surface area contributed by atoms with Gasteiger partial charge in [0.1, 0.15) is 0 Å². The highest BCUT2D eigenvalue weighted by atomic mass is 16.2. The van der Waals surface area contributed by atoms with E-state index in [4.69, 9.17) is 6.42 Å². The summed E-state index contributed by atoms with van der Waals surface area (Å²) in [6.45, 7) is -0.0717. The number of carbonyl (C=O) groups excluding carboxylic acids is 2. The fourth-order valence-corrected chi connectivity index (χ4v) is 1.47. The van der Waals surface area contributed by atoms with Crippen molar-refractivity contribution >= 4 is 17.5 Å². The largest absolute Gasteiger partial charge is 0.343 e. The number of nitrogens with zero attached hydrogens (tertiary/aromatic N) is 1. The number of fused-ring (bicyclic) bond motifs is 1. The van der Waals surface area contributed by atoms with Gasteiger partial charge in [-0.3, -0.25) is 9.59 Å². The molecular formula is C11H8N2O2. The molecule has 0 saturated carbocycles. The molecule has 0 unspecified atom stereocenters. The molecule has 2 rings (SSSR count). The number of amides is 2. The molecule has 1 N–H and O–H groups in total. The molecule has 1 aliphatic heterocycles. The Morgan fingerprint density at radius 3 is 2.80 bits per heavy atom. The van der Waals surface area contributed by atoms with Crippen LogP contribution in [-0.4, -0.2) is 18.4 Å². The molecule has 0 radical (unpaired) electrons. The smallest absolute Gasteiger partial charge is 0.258 e. The Balaban J connectivity index is 2.61. The molecule has 0 atom stereocenters. The maximum atomic E-state index is 11.6. The van der Waals surface area contributed by atoms with Gasteiger partial charge in [0.2, 0.25) is 0 Å². The van der Waals surface area contributed by atoms with Gasteiger partial charge >= 0.3 is 0 Å². The van der Waals surface area contributed by atoms with Crippen molar-refractivity contribution in [2.75, 3.05) is 11.4 Å². The number of anilines is 1. The lowest BCUT2D eigenvalue weighted by Crippen LogP contribution is -2.33. The highest BCUT2D eigenvalue weighted by Gasteiger charge is 2.24. The predicted molar refractivity (Wildman–Crippen MR) is 55.1 cm³/mol. The summed E-state index contributed by atoms with van der Waals surface area (Å²) in [7, 11) is 0. The molecule has 1 aromatic carbocycles. The third-order valence-corrected chi connectivity index (χ3v) is 2.17. The maximum Gasteiger partial charge on any atom is 0.258 e. The maximum absolute atomic E-state index is 11.6. The van der Waals surface area contributed by atoms with Crippen LogP contribution >= 0.6 is 0 Å². The third kappa shape index (κ3) is 1.44. The summed E-state index contributed by atoms with van der Waals surface area (Å²) in [5, 5.41) is 2.49. The number of hydrogen-bond donors (Lipinski definition) is 1. The molecule has 1 heterocycles. The highest BCUT2D eigenvalue weighted by Crippen LogP contribution is 2.21. The van der Waals surface area contributed by atoms with Crippen LogP contribution in [0.25, 0.3) is 0 Å². The second-order valence-corrected chi connectivity index (χ2v) is 3.06. The molecule has 0 aromatic heterocycles. The first-order valence-corrected chi connectivity index (χ1v) is 4.40. The van der Waals surface area contributed by atoms with Gasteiger partial charge in [-0.1, -0.05) is 18.6 Å². The third-order valence-electron chi connectivity index (χ3n) is 2.17. The fourth-order valence-electron chi connectivity index (χ4n) is 1.47. The molecule has 4 nitrogen and oxygen atoms in total. The molecule has 1 aromatic rings. The van der Waals surface area contributed by atoms with Crippen LogP contribution in [0.4, 0.5) is 5.69 Å². The van der Waals surface area contributed by atoms with E-state index in [0.29, 0.717) is 11.3 Å². The summed E-state index contributed by atoms with van der Waals surface area (Å²) >= 11 is 0. The molecule has 0 spiro atoms. The number of carbonyl (C=O) groups is 2. The summed E-state index contributed by atoms with van der Waals surface area (Å²) < 4.78 is 0. The van der Waals surface area contributed by atoms with Gasteiger partial charge in [-0.15, -0.1) is 0 Å². The van der Waals surface area contributed by atoms with Crippen LogP contribution in [0.2, 0.25) is 0 Å². The van der Waals surface area contributed by atoms with Crippen molar-refractivity contribution < 1.29 is 9.59 Å². The second-order valence-electron chi connectivity index (χ2n) is 3.06. The van der Waals surface area contributed by atoms with Crippen molar-refractivity contribution in [2.45, 2.75) is 0 Å². The molecule has 0 saturated heterocycles. The van der Waals surface area contributed by atoms with Crippen molar-refractivity contribution in [1.29, 1.82) is 0 Å². The van der Waals surface area contributed by atoms with E-state index in [1.165, 1.54) is 0 Å². The number of terminal acetylenes is 1. The average molecular weight is 200 g/mol. The zero-order valence-electron chi connectivity index (χ0n) is 7.86. The van der Waals surface area contributed by atoms with E-state index < -0.39 is 0 Å². The quantitative estimate of drug-likeness (QED) is 0.614. The SMILES string of the molecule is C#CN1C(=O)CNC(=O)c2ccccc21. The number of rotatable bonds is 0. The van der Waals surface area contributed by atoms with Crippen LogP contribution in [0.1, 0.15) is 10.4 Å². The van der Waals surface area contributed by atoms with Crippen LogP contribution in [0.15, 0.2) is 24.3 Å². The first-order valence-electron chi connectivity index (χ1n) is 4.40. The van der Waals surface area contributed by atoms with E-state index in [0.717, 1.165) is 4.90 Å². The highest BCUT2D eigenvalue weighted by molar-refractivity contribution is 6.10. The van der Waals surface area contributed by atoms with Crippen molar-refractivity contribution in [1.82, 2.24) is 5.32 Å². The first-order chi connectivity index (χ1) is 7.24. The van der Waals surface area contributed by atoms with E-state index in [-0.39, 0.29) is 18.4 Å². The summed E-state index contributed by atoms with van der Waals surface area (Å²) in [6, 6.07) is 9.00. The molecule has 2 amide bonds. The Morgan fingerprint density at radius 1 is 1.33 bits per heavy atom. The lowest BCUT2D eigenvalue weighted by Gasteiger charge is -2.13. The summed E-state index contributed by atoms with van der Waals surface area (Å²) in [4.78, 5) is 24.2. The van der Waals surface area contributed by atoms with Crippen molar-refractivity contribution in [3.05, 3.63) is 29.8 Å². The lowest BCUT2D eigenvalue weighted by molar-refractivity contribution is -0.116. The molecule has 1 aliphatic rings. The molecule has 0 bridgehead atoms. The standard InChI is InChI=1S/C11H8N2O2/c1-2-13-9-6-4-3-5-8(9)11(15)12-7-10(13)14/h1,3-6H,7H2,(H,12,15). The molecule has 4 heteroatoms. The number of para-hydroxylation sites is 1. The normalized spacial score (nSPS) is 15.0. The van der Waals surface area contributed by atoms with Crippen LogP contribution in [-0.2, 0) is 4.79 Å². The van der Waals surface area contributed by atoms with E-state index in [1.807, 2.05) is 0 Å². The van der Waals surface area contributed by atoms with Gasteiger partial charge in [0, 0.05) is 6.04 Å². The molecule has 0 fully saturated rings. The number of nitrogens with one attached hydrogen (secondary N) is 1. The van der Waals surface area contributed by atoms with Gasteiger partial charge in [-0.2, -0.15) is 0 Å². The average Bonchev–Trinajstić information content (AvgIpc) is 2.38. The molecule has 74 valence electrons. The van der Waals surface area contributed by atoms with Crippen LogP contribution in [0.3, 0.4) is 0 Å². The summed E-state index contributed by atoms with van der Waals surface area (Å²) in [5.41, 5.74) is 0.876. The minimum Gasteiger partial charge on any atom is -0.343 e.